The number of carbonyl (C=O) groups excluding carboxylic acids is 1. The first-order valence-electron chi connectivity index (χ1n) is 6.98. The molecule has 4 N–H and O–H groups in total. The van der Waals surface area contributed by atoms with Crippen molar-refractivity contribution < 1.29 is 4.79 Å². The molecule has 1 aromatic carbocycles. The molecule has 0 saturated carbocycles. The number of nitrogen functional groups attached to an aromatic ring is 1. The van der Waals surface area contributed by atoms with Crippen molar-refractivity contribution in [1.29, 1.82) is 0 Å². The summed E-state index contributed by atoms with van der Waals surface area (Å²) in [4.78, 5) is 13.8. The maximum atomic E-state index is 11.4. The largest absolute Gasteiger partial charge is 0.398 e. The van der Waals surface area contributed by atoms with Gasteiger partial charge in [0.1, 0.15) is 0 Å². The van der Waals surface area contributed by atoms with Gasteiger partial charge < -0.3 is 16.4 Å². The van der Waals surface area contributed by atoms with Crippen molar-refractivity contribution in [2.45, 2.75) is 39.2 Å². The maximum absolute atomic E-state index is 11.4. The minimum Gasteiger partial charge on any atom is -0.398 e. The number of hydrogen-bond donors (Lipinski definition) is 2. The Labute approximate surface area is 114 Å². The number of rotatable bonds is 3. The second kappa shape index (κ2) is 5.51. The zero-order chi connectivity index (χ0) is 14.0. The molecule has 4 heteroatoms. The van der Waals surface area contributed by atoms with E-state index in [9.17, 15) is 4.79 Å². The highest BCUT2D eigenvalue weighted by Crippen LogP contribution is 2.31. The number of benzene rings is 1. The van der Waals surface area contributed by atoms with E-state index in [-0.39, 0.29) is 0 Å². The summed E-state index contributed by atoms with van der Waals surface area (Å²) >= 11 is 0. The van der Waals surface area contributed by atoms with Gasteiger partial charge in [-0.2, -0.15) is 0 Å². The van der Waals surface area contributed by atoms with Gasteiger partial charge in [-0.3, -0.25) is 4.79 Å². The molecule has 1 amide bonds. The fraction of sp³-hybridized carbons (Fsp3) is 0.533. The average molecular weight is 261 g/mol. The first-order chi connectivity index (χ1) is 9.02. The number of piperidine rings is 1. The smallest absolute Gasteiger partial charge is 0.250 e. The van der Waals surface area contributed by atoms with Crippen LogP contribution >= 0.6 is 0 Å². The Balaban J connectivity index is 2.30. The fourth-order valence-corrected chi connectivity index (χ4v) is 2.91. The van der Waals surface area contributed by atoms with Crippen molar-refractivity contribution in [3.63, 3.8) is 0 Å². The third kappa shape index (κ3) is 2.83. The number of carbonyl (C=O) groups is 1. The monoisotopic (exact) mass is 261 g/mol. The Morgan fingerprint density at radius 3 is 2.84 bits per heavy atom. The van der Waals surface area contributed by atoms with Gasteiger partial charge in [-0.1, -0.05) is 13.8 Å². The quantitative estimate of drug-likeness (QED) is 0.820. The van der Waals surface area contributed by atoms with Gasteiger partial charge in [-0.15, -0.1) is 0 Å². The van der Waals surface area contributed by atoms with Crippen molar-refractivity contribution in [2.75, 3.05) is 17.2 Å². The van der Waals surface area contributed by atoms with Crippen molar-refractivity contribution in [1.82, 2.24) is 0 Å². The summed E-state index contributed by atoms with van der Waals surface area (Å²) < 4.78 is 0. The van der Waals surface area contributed by atoms with Crippen LogP contribution in [0.25, 0.3) is 0 Å². The minimum absolute atomic E-state index is 0.422. The first-order valence-corrected chi connectivity index (χ1v) is 6.98. The molecule has 0 aromatic heterocycles. The number of anilines is 2. The predicted molar refractivity (Wildman–Crippen MR) is 79.2 cm³/mol. The van der Waals surface area contributed by atoms with Crippen LogP contribution in [0.5, 0.6) is 0 Å². The van der Waals surface area contributed by atoms with Gasteiger partial charge in [0, 0.05) is 24.0 Å². The molecule has 1 heterocycles. The molecule has 0 spiro atoms. The summed E-state index contributed by atoms with van der Waals surface area (Å²) in [6.45, 7) is 5.54. The minimum atomic E-state index is -0.460. The molecule has 104 valence electrons. The second-order valence-electron chi connectivity index (χ2n) is 5.52. The molecule has 2 unspecified atom stereocenters. The van der Waals surface area contributed by atoms with Gasteiger partial charge in [-0.05, 0) is 43.4 Å². The number of nitrogens with two attached hydrogens (primary N) is 2. The molecular weight excluding hydrogens is 238 g/mol. The lowest BCUT2D eigenvalue weighted by molar-refractivity contribution is 0.100. The van der Waals surface area contributed by atoms with Crippen LogP contribution in [-0.4, -0.2) is 18.5 Å². The second-order valence-corrected chi connectivity index (χ2v) is 5.52. The van der Waals surface area contributed by atoms with Crippen LogP contribution in [0.4, 0.5) is 11.4 Å². The molecule has 1 fully saturated rings. The molecular formula is C15H23N3O. The summed E-state index contributed by atoms with van der Waals surface area (Å²) in [7, 11) is 0. The molecule has 0 bridgehead atoms. The molecule has 1 saturated heterocycles. The molecule has 1 aliphatic heterocycles. The molecule has 2 atom stereocenters. The van der Waals surface area contributed by atoms with Crippen LogP contribution in [-0.2, 0) is 0 Å². The van der Waals surface area contributed by atoms with E-state index in [4.69, 9.17) is 11.5 Å². The summed E-state index contributed by atoms with van der Waals surface area (Å²) in [6, 6.07) is 6.13. The SMILES string of the molecule is CCC1CC(C)CCN1c1ccc(N)c(C(N)=O)c1. The maximum Gasteiger partial charge on any atom is 0.250 e. The summed E-state index contributed by atoms with van der Waals surface area (Å²) in [5.41, 5.74) is 13.1. The highest BCUT2D eigenvalue weighted by atomic mass is 16.1. The van der Waals surface area contributed by atoms with Gasteiger partial charge in [0.05, 0.1) is 5.56 Å². The predicted octanol–water partition coefficient (Wildman–Crippen LogP) is 2.38. The number of primary amides is 1. The van der Waals surface area contributed by atoms with E-state index in [0.29, 0.717) is 17.3 Å². The Morgan fingerprint density at radius 1 is 1.47 bits per heavy atom. The molecule has 19 heavy (non-hydrogen) atoms. The summed E-state index contributed by atoms with van der Waals surface area (Å²) in [5.74, 6) is 0.309. The van der Waals surface area contributed by atoms with Crippen LogP contribution in [0.15, 0.2) is 18.2 Å². The van der Waals surface area contributed by atoms with Crippen LogP contribution in [0, 0.1) is 5.92 Å². The fourth-order valence-electron chi connectivity index (χ4n) is 2.91. The van der Waals surface area contributed by atoms with Crippen LogP contribution < -0.4 is 16.4 Å². The van der Waals surface area contributed by atoms with Crippen molar-refractivity contribution in [3.8, 4) is 0 Å². The Bertz CT molecular complexity index is 472. The lowest BCUT2D eigenvalue weighted by Gasteiger charge is -2.40. The molecule has 4 nitrogen and oxygen atoms in total. The molecule has 2 rings (SSSR count). The van der Waals surface area contributed by atoms with E-state index in [1.54, 1.807) is 6.07 Å². The zero-order valence-electron chi connectivity index (χ0n) is 11.7. The third-order valence-electron chi connectivity index (χ3n) is 4.08. The van der Waals surface area contributed by atoms with E-state index >= 15 is 0 Å². The highest BCUT2D eigenvalue weighted by molar-refractivity contribution is 5.99. The Morgan fingerprint density at radius 2 is 2.21 bits per heavy atom. The van der Waals surface area contributed by atoms with E-state index < -0.39 is 5.91 Å². The van der Waals surface area contributed by atoms with Gasteiger partial charge in [-0.25, -0.2) is 0 Å². The lowest BCUT2D eigenvalue weighted by atomic mass is 9.90. The van der Waals surface area contributed by atoms with Crippen molar-refractivity contribution in [2.24, 2.45) is 11.7 Å². The molecule has 0 aliphatic carbocycles. The lowest BCUT2D eigenvalue weighted by Crippen LogP contribution is -2.41. The third-order valence-corrected chi connectivity index (χ3v) is 4.08. The van der Waals surface area contributed by atoms with Crippen LogP contribution in [0.3, 0.4) is 0 Å². The van der Waals surface area contributed by atoms with E-state index in [2.05, 4.69) is 18.7 Å². The Kier molecular flexibility index (Phi) is 3.98. The van der Waals surface area contributed by atoms with Gasteiger partial charge in [0.25, 0.3) is 5.91 Å². The van der Waals surface area contributed by atoms with E-state index in [1.165, 1.54) is 12.8 Å². The first kappa shape index (κ1) is 13.7. The van der Waals surface area contributed by atoms with E-state index in [0.717, 1.165) is 24.6 Å². The van der Waals surface area contributed by atoms with Crippen LogP contribution in [0.1, 0.15) is 43.5 Å². The van der Waals surface area contributed by atoms with Gasteiger partial charge in [0.15, 0.2) is 0 Å². The summed E-state index contributed by atoms with van der Waals surface area (Å²) in [6.07, 6.45) is 3.50. The van der Waals surface area contributed by atoms with Crippen molar-refractivity contribution in [3.05, 3.63) is 23.8 Å². The highest BCUT2D eigenvalue weighted by Gasteiger charge is 2.25. The zero-order valence-corrected chi connectivity index (χ0v) is 11.7. The number of amides is 1. The number of nitrogens with zero attached hydrogens (tertiary/aromatic N) is 1. The molecule has 0 radical (unpaired) electrons. The van der Waals surface area contributed by atoms with Gasteiger partial charge >= 0.3 is 0 Å². The Hall–Kier alpha value is -1.71. The van der Waals surface area contributed by atoms with Crippen molar-refractivity contribution >= 4 is 17.3 Å². The van der Waals surface area contributed by atoms with E-state index in [1.807, 2.05) is 12.1 Å². The standard InChI is InChI=1S/C15H23N3O/c1-3-11-8-10(2)6-7-18(11)12-4-5-14(16)13(9-12)15(17)19/h4-5,9-11H,3,6-8,16H2,1-2H3,(H2,17,19). The van der Waals surface area contributed by atoms with Gasteiger partial charge in [0.2, 0.25) is 0 Å². The molecule has 1 aliphatic rings. The molecule has 1 aromatic rings. The van der Waals surface area contributed by atoms with Crippen LogP contribution in [0.2, 0.25) is 0 Å². The number of hydrogen-bond acceptors (Lipinski definition) is 3. The topological polar surface area (TPSA) is 72.3 Å². The summed E-state index contributed by atoms with van der Waals surface area (Å²) in [5, 5.41) is 0. The average Bonchev–Trinajstić information content (AvgIpc) is 2.39. The normalized spacial score (nSPS) is 23.4.